The number of rotatable bonds is 13. The Kier molecular flexibility index (Phi) is 17.0. The molecule has 0 aromatic carbocycles. The molecule has 0 saturated heterocycles. The second kappa shape index (κ2) is 14.8. The number of aliphatic hydroxyl groups is 1. The average Bonchev–Trinajstić information content (AvgIpc) is 2.29. The summed E-state index contributed by atoms with van der Waals surface area (Å²) in [5.41, 5.74) is 0. The number of ether oxygens (including phenoxy) is 1. The van der Waals surface area contributed by atoms with Crippen LogP contribution in [-0.4, -0.2) is 43.1 Å². The van der Waals surface area contributed by atoms with Crippen molar-refractivity contribution in [3.63, 3.8) is 0 Å². The second-order valence-electron chi connectivity index (χ2n) is 4.93. The Bertz CT molecular complexity index is 295. The van der Waals surface area contributed by atoms with Crippen molar-refractivity contribution in [3.8, 4) is 0 Å². The van der Waals surface area contributed by atoms with Crippen LogP contribution in [0.5, 0.6) is 0 Å². The van der Waals surface area contributed by atoms with Gasteiger partial charge >= 0.3 is 29.6 Å². The van der Waals surface area contributed by atoms with E-state index in [1.807, 2.05) is 0 Å². The van der Waals surface area contributed by atoms with Gasteiger partial charge in [-0.05, 0) is 6.42 Å². The van der Waals surface area contributed by atoms with Crippen LogP contribution in [0.3, 0.4) is 0 Å². The van der Waals surface area contributed by atoms with Gasteiger partial charge in [0.15, 0.2) is 0 Å². The third-order valence-corrected chi connectivity index (χ3v) is 3.64. The maximum absolute atomic E-state index is 10.4. The van der Waals surface area contributed by atoms with E-state index >= 15 is 0 Å². The van der Waals surface area contributed by atoms with Crippen molar-refractivity contribution in [1.29, 1.82) is 0 Å². The molecule has 7 heteroatoms. The molecule has 1 atom stereocenters. The van der Waals surface area contributed by atoms with Crippen LogP contribution in [0.15, 0.2) is 0 Å². The number of aliphatic hydroxyl groups excluding tert-OH is 1. The van der Waals surface area contributed by atoms with E-state index in [1.54, 1.807) is 0 Å². The Morgan fingerprint density at radius 1 is 1.05 bits per heavy atom. The van der Waals surface area contributed by atoms with E-state index in [0.717, 1.165) is 12.8 Å². The molecule has 1 unspecified atom stereocenters. The molecule has 20 heavy (non-hydrogen) atoms. The zero-order valence-electron chi connectivity index (χ0n) is 12.8. The Morgan fingerprint density at radius 3 is 2.05 bits per heavy atom. The third kappa shape index (κ3) is 18.8. The monoisotopic (exact) mass is 318 g/mol. The Balaban J connectivity index is 0. The van der Waals surface area contributed by atoms with Crippen molar-refractivity contribution in [2.24, 2.45) is 0 Å². The van der Waals surface area contributed by atoms with Gasteiger partial charge in [-0.3, -0.25) is 0 Å². The molecule has 0 aliphatic rings. The molecule has 0 heterocycles. The molecule has 0 amide bonds. The van der Waals surface area contributed by atoms with E-state index in [4.69, 9.17) is 4.74 Å². The van der Waals surface area contributed by atoms with Crippen LogP contribution in [0, 0.1) is 0 Å². The number of hydrogen-bond acceptors (Lipinski definition) is 5. The minimum absolute atomic E-state index is 0. The molecule has 116 valence electrons. The molecule has 0 aromatic rings. The van der Waals surface area contributed by atoms with Gasteiger partial charge in [0.25, 0.3) is 0 Å². The first kappa shape index (κ1) is 23.1. The van der Waals surface area contributed by atoms with Crippen LogP contribution in [-0.2, 0) is 14.9 Å². The predicted molar refractivity (Wildman–Crippen MR) is 74.0 cm³/mol. The van der Waals surface area contributed by atoms with E-state index < -0.39 is 22.0 Å². The van der Waals surface area contributed by atoms with Crippen LogP contribution >= 0.6 is 0 Å². The molecule has 5 nitrogen and oxygen atoms in total. The zero-order valence-corrected chi connectivity index (χ0v) is 15.7. The summed E-state index contributed by atoms with van der Waals surface area (Å²) in [7, 11) is -4.37. The molecular formula is C13H27NaO5S. The van der Waals surface area contributed by atoms with Gasteiger partial charge in [0.05, 0.1) is 28.6 Å². The summed E-state index contributed by atoms with van der Waals surface area (Å²) < 4.78 is 36.2. The van der Waals surface area contributed by atoms with Gasteiger partial charge in [-0.25, -0.2) is 8.42 Å². The van der Waals surface area contributed by atoms with Crippen LogP contribution in [0.2, 0.25) is 0 Å². The van der Waals surface area contributed by atoms with Gasteiger partial charge in [-0.15, -0.1) is 0 Å². The summed E-state index contributed by atoms with van der Waals surface area (Å²) in [6.07, 6.45) is 8.38. The minimum Gasteiger partial charge on any atom is -0.748 e. The summed E-state index contributed by atoms with van der Waals surface area (Å²) >= 11 is 0. The summed E-state index contributed by atoms with van der Waals surface area (Å²) in [6.45, 7) is 2.62. The summed E-state index contributed by atoms with van der Waals surface area (Å²) in [6, 6.07) is 0. The maximum atomic E-state index is 10.4. The fourth-order valence-electron chi connectivity index (χ4n) is 1.84. The van der Waals surface area contributed by atoms with Crippen molar-refractivity contribution in [2.45, 2.75) is 64.4 Å². The van der Waals surface area contributed by atoms with Gasteiger partial charge in [0.1, 0.15) is 0 Å². The van der Waals surface area contributed by atoms with E-state index in [9.17, 15) is 18.1 Å². The Morgan fingerprint density at radius 2 is 1.55 bits per heavy atom. The predicted octanol–water partition coefficient (Wildman–Crippen LogP) is -0.946. The van der Waals surface area contributed by atoms with Crippen molar-refractivity contribution >= 4 is 10.1 Å². The standard InChI is InChI=1S/C13H28O5S.Na/c1-2-3-4-5-6-7-8-9-10-18-11-13(14)12-19(15,16)17;/h13-14H,2-12H2,1H3,(H,15,16,17);/q;+1/p-1. The Labute approximate surface area is 145 Å². The first-order chi connectivity index (χ1) is 8.95. The van der Waals surface area contributed by atoms with Crippen molar-refractivity contribution in [1.82, 2.24) is 0 Å². The SMILES string of the molecule is CCCCCCCCCCOCC(O)CS(=O)(=O)[O-].[Na+]. The topological polar surface area (TPSA) is 86.7 Å². The maximum Gasteiger partial charge on any atom is 1.00 e. The van der Waals surface area contributed by atoms with Gasteiger partial charge in [0, 0.05) is 6.61 Å². The fourth-order valence-corrected chi connectivity index (χ4v) is 2.41. The molecule has 0 radical (unpaired) electrons. The molecule has 0 fully saturated rings. The van der Waals surface area contributed by atoms with Crippen molar-refractivity contribution in [3.05, 3.63) is 0 Å². The minimum atomic E-state index is -4.37. The van der Waals surface area contributed by atoms with Crippen molar-refractivity contribution < 1.29 is 52.4 Å². The fraction of sp³-hybridized carbons (Fsp3) is 1.00. The Hall–Kier alpha value is 0.830. The average molecular weight is 318 g/mol. The van der Waals surface area contributed by atoms with Crippen LogP contribution in [0.4, 0.5) is 0 Å². The van der Waals surface area contributed by atoms with Gasteiger partial charge < -0.3 is 14.4 Å². The second-order valence-corrected chi connectivity index (χ2v) is 6.38. The van der Waals surface area contributed by atoms with Crippen LogP contribution in [0.25, 0.3) is 0 Å². The van der Waals surface area contributed by atoms with E-state index in [-0.39, 0.29) is 36.2 Å². The van der Waals surface area contributed by atoms with E-state index in [2.05, 4.69) is 6.92 Å². The molecule has 0 bridgehead atoms. The molecule has 1 N–H and O–H groups in total. The van der Waals surface area contributed by atoms with Gasteiger partial charge in [0.2, 0.25) is 0 Å². The molecular weight excluding hydrogens is 291 g/mol. The molecule has 0 aliphatic heterocycles. The molecule has 0 aromatic heterocycles. The third-order valence-electron chi connectivity index (χ3n) is 2.85. The smallest absolute Gasteiger partial charge is 0.748 e. The first-order valence-electron chi connectivity index (χ1n) is 7.15. The normalized spacial score (nSPS) is 12.9. The molecule has 0 spiro atoms. The van der Waals surface area contributed by atoms with Gasteiger partial charge in [-0.1, -0.05) is 51.9 Å². The molecule has 0 rings (SSSR count). The summed E-state index contributed by atoms with van der Waals surface area (Å²) in [4.78, 5) is 0. The van der Waals surface area contributed by atoms with E-state index in [0.29, 0.717) is 6.61 Å². The van der Waals surface area contributed by atoms with Gasteiger partial charge in [-0.2, -0.15) is 0 Å². The molecule has 0 aliphatic carbocycles. The van der Waals surface area contributed by atoms with E-state index in [1.165, 1.54) is 38.5 Å². The van der Waals surface area contributed by atoms with Crippen LogP contribution < -0.4 is 29.6 Å². The number of hydrogen-bond donors (Lipinski definition) is 1. The van der Waals surface area contributed by atoms with Crippen LogP contribution in [0.1, 0.15) is 58.3 Å². The summed E-state index contributed by atoms with van der Waals surface area (Å²) in [5, 5.41) is 9.20. The largest absolute Gasteiger partial charge is 1.00 e. The molecule has 0 saturated carbocycles. The van der Waals surface area contributed by atoms with Crippen molar-refractivity contribution in [2.75, 3.05) is 19.0 Å². The zero-order chi connectivity index (χ0) is 14.6. The number of unbranched alkanes of at least 4 members (excludes halogenated alkanes) is 7. The quantitative estimate of drug-likeness (QED) is 0.269. The summed E-state index contributed by atoms with van der Waals surface area (Å²) in [5.74, 6) is -0.773. The first-order valence-corrected chi connectivity index (χ1v) is 8.73.